The molecule has 0 fully saturated rings. The Balaban J connectivity index is 1.67. The fourth-order valence-electron chi connectivity index (χ4n) is 3.09. The Labute approximate surface area is 167 Å². The van der Waals surface area contributed by atoms with Gasteiger partial charge in [0.25, 0.3) is 5.91 Å². The van der Waals surface area contributed by atoms with E-state index in [0.717, 1.165) is 28.0 Å². The van der Waals surface area contributed by atoms with E-state index in [1.807, 2.05) is 105 Å². The summed E-state index contributed by atoms with van der Waals surface area (Å²) >= 11 is 0. The van der Waals surface area contributed by atoms with Crippen molar-refractivity contribution in [2.75, 3.05) is 0 Å². The molecule has 0 unspecified atom stereocenters. The number of ether oxygens (including phenoxy) is 1. The molecule has 3 nitrogen and oxygen atoms in total. The van der Waals surface area contributed by atoms with Gasteiger partial charge in [0, 0.05) is 18.2 Å². The monoisotopic (exact) mass is 373 g/mol. The van der Waals surface area contributed by atoms with E-state index in [9.17, 15) is 4.79 Å². The van der Waals surface area contributed by atoms with Crippen molar-refractivity contribution in [3.63, 3.8) is 0 Å². The lowest BCUT2D eigenvalue weighted by molar-refractivity contribution is 0.0689. The van der Waals surface area contributed by atoms with Crippen LogP contribution in [-0.2, 0) is 13.2 Å². The lowest BCUT2D eigenvalue weighted by Crippen LogP contribution is -2.36. The van der Waals surface area contributed by atoms with Crippen molar-refractivity contribution in [2.24, 2.45) is 0 Å². The maximum Gasteiger partial charge on any atom is 0.254 e. The largest absolute Gasteiger partial charge is 0.489 e. The van der Waals surface area contributed by atoms with Crippen molar-refractivity contribution in [1.82, 2.24) is 4.90 Å². The molecule has 0 N–H and O–H groups in total. The maximum atomic E-state index is 13.0. The topological polar surface area (TPSA) is 29.5 Å². The summed E-state index contributed by atoms with van der Waals surface area (Å²) in [5.41, 5.74) is 3.99. The predicted molar refractivity (Wildman–Crippen MR) is 113 cm³/mol. The molecule has 0 aliphatic rings. The third-order valence-electron chi connectivity index (χ3n) is 4.78. The molecule has 0 saturated carbocycles. The molecule has 3 aromatic rings. The number of carbonyl (C=O) groups excluding carboxylic acids is 1. The average molecular weight is 373 g/mol. The fourth-order valence-corrected chi connectivity index (χ4v) is 3.09. The molecule has 0 saturated heterocycles. The van der Waals surface area contributed by atoms with Gasteiger partial charge in [-0.2, -0.15) is 0 Å². The second-order valence-electron chi connectivity index (χ2n) is 7.26. The Kier molecular flexibility index (Phi) is 6.49. The molecule has 0 atom stereocenters. The van der Waals surface area contributed by atoms with Crippen LogP contribution in [0.3, 0.4) is 0 Å². The Morgan fingerprint density at radius 2 is 1.50 bits per heavy atom. The van der Waals surface area contributed by atoms with E-state index in [1.165, 1.54) is 0 Å². The van der Waals surface area contributed by atoms with E-state index in [1.54, 1.807) is 0 Å². The standard InChI is InChI=1S/C25H27NO2/c1-19(2)26(25(27)24-12-8-7-9-20(24)3)17-21-13-15-23(16-14-21)28-18-22-10-5-4-6-11-22/h4-16,19H,17-18H2,1-3H3. The fraction of sp³-hybridized carbons (Fsp3) is 0.240. The first-order valence-corrected chi connectivity index (χ1v) is 9.67. The zero-order chi connectivity index (χ0) is 19.9. The van der Waals surface area contributed by atoms with Gasteiger partial charge in [-0.3, -0.25) is 4.79 Å². The minimum absolute atomic E-state index is 0.0671. The van der Waals surface area contributed by atoms with Crippen LogP contribution < -0.4 is 4.74 Å². The summed E-state index contributed by atoms with van der Waals surface area (Å²) in [6.07, 6.45) is 0. The summed E-state index contributed by atoms with van der Waals surface area (Å²) in [4.78, 5) is 14.9. The number of hydrogen-bond acceptors (Lipinski definition) is 2. The van der Waals surface area contributed by atoms with Gasteiger partial charge in [-0.1, -0.05) is 60.7 Å². The molecule has 144 valence electrons. The van der Waals surface area contributed by atoms with Crippen LogP contribution in [0.5, 0.6) is 5.75 Å². The number of amides is 1. The van der Waals surface area contributed by atoms with Gasteiger partial charge in [-0.25, -0.2) is 0 Å². The van der Waals surface area contributed by atoms with Gasteiger partial charge < -0.3 is 9.64 Å². The predicted octanol–water partition coefficient (Wildman–Crippen LogP) is 5.62. The molecule has 1 amide bonds. The minimum atomic E-state index is 0.0671. The summed E-state index contributed by atoms with van der Waals surface area (Å²) in [7, 11) is 0. The van der Waals surface area contributed by atoms with Crippen molar-refractivity contribution in [3.05, 3.63) is 101 Å². The lowest BCUT2D eigenvalue weighted by Gasteiger charge is -2.27. The van der Waals surface area contributed by atoms with Crippen LogP contribution in [0.15, 0.2) is 78.9 Å². The van der Waals surface area contributed by atoms with E-state index in [-0.39, 0.29) is 11.9 Å². The minimum Gasteiger partial charge on any atom is -0.489 e. The van der Waals surface area contributed by atoms with Crippen molar-refractivity contribution < 1.29 is 9.53 Å². The number of rotatable bonds is 7. The number of nitrogens with zero attached hydrogens (tertiary/aromatic N) is 1. The molecule has 0 bridgehead atoms. The number of hydrogen-bond donors (Lipinski definition) is 0. The smallest absolute Gasteiger partial charge is 0.254 e. The van der Waals surface area contributed by atoms with Crippen molar-refractivity contribution in [1.29, 1.82) is 0 Å². The van der Waals surface area contributed by atoms with Crippen LogP contribution in [0.25, 0.3) is 0 Å². The van der Waals surface area contributed by atoms with Crippen molar-refractivity contribution in [2.45, 2.75) is 40.0 Å². The highest BCUT2D eigenvalue weighted by molar-refractivity contribution is 5.95. The molecular weight excluding hydrogens is 346 g/mol. The summed E-state index contributed by atoms with van der Waals surface area (Å²) in [5.74, 6) is 0.895. The summed E-state index contributed by atoms with van der Waals surface area (Å²) in [6, 6.07) is 26.0. The summed E-state index contributed by atoms with van der Waals surface area (Å²) in [5, 5.41) is 0. The maximum absolute atomic E-state index is 13.0. The first-order chi connectivity index (χ1) is 13.5. The first kappa shape index (κ1) is 19.7. The van der Waals surface area contributed by atoms with Gasteiger partial charge in [0.1, 0.15) is 12.4 Å². The van der Waals surface area contributed by atoms with Crippen LogP contribution in [-0.4, -0.2) is 16.8 Å². The SMILES string of the molecule is Cc1ccccc1C(=O)N(Cc1ccc(OCc2ccccc2)cc1)C(C)C. The van der Waals surface area contributed by atoms with Crippen LogP contribution in [0.2, 0.25) is 0 Å². The summed E-state index contributed by atoms with van der Waals surface area (Å²) < 4.78 is 5.85. The Bertz CT molecular complexity index is 901. The molecule has 3 heteroatoms. The molecule has 0 spiro atoms. The molecule has 0 heterocycles. The third kappa shape index (κ3) is 5.01. The Morgan fingerprint density at radius 1 is 0.857 bits per heavy atom. The van der Waals surface area contributed by atoms with Gasteiger partial charge in [0.05, 0.1) is 0 Å². The first-order valence-electron chi connectivity index (χ1n) is 9.67. The van der Waals surface area contributed by atoms with Gasteiger partial charge in [-0.05, 0) is 55.7 Å². The van der Waals surface area contributed by atoms with Crippen LogP contribution in [0.1, 0.15) is 40.9 Å². The molecule has 0 aromatic heterocycles. The number of aryl methyl sites for hydroxylation is 1. The third-order valence-corrected chi connectivity index (χ3v) is 4.78. The van der Waals surface area contributed by atoms with E-state index in [0.29, 0.717) is 13.2 Å². The van der Waals surface area contributed by atoms with Gasteiger partial charge >= 0.3 is 0 Å². The number of carbonyl (C=O) groups is 1. The van der Waals surface area contributed by atoms with E-state index >= 15 is 0 Å². The van der Waals surface area contributed by atoms with Crippen LogP contribution >= 0.6 is 0 Å². The molecule has 0 aliphatic heterocycles. The second-order valence-corrected chi connectivity index (χ2v) is 7.26. The highest BCUT2D eigenvalue weighted by Gasteiger charge is 2.20. The second kappa shape index (κ2) is 9.23. The molecule has 3 rings (SSSR count). The molecule has 0 aliphatic carbocycles. The van der Waals surface area contributed by atoms with Crippen molar-refractivity contribution in [3.8, 4) is 5.75 Å². The lowest BCUT2D eigenvalue weighted by atomic mass is 10.1. The quantitative estimate of drug-likeness (QED) is 0.537. The van der Waals surface area contributed by atoms with Crippen LogP contribution in [0, 0.1) is 6.92 Å². The molecule has 28 heavy (non-hydrogen) atoms. The van der Waals surface area contributed by atoms with E-state index < -0.39 is 0 Å². The number of benzene rings is 3. The summed E-state index contributed by atoms with van der Waals surface area (Å²) in [6.45, 7) is 7.19. The Morgan fingerprint density at radius 3 is 2.14 bits per heavy atom. The van der Waals surface area contributed by atoms with E-state index in [2.05, 4.69) is 0 Å². The normalized spacial score (nSPS) is 10.7. The Hall–Kier alpha value is -3.07. The van der Waals surface area contributed by atoms with Gasteiger partial charge in [0.15, 0.2) is 0 Å². The van der Waals surface area contributed by atoms with Crippen molar-refractivity contribution >= 4 is 5.91 Å². The zero-order valence-electron chi connectivity index (χ0n) is 16.8. The van der Waals surface area contributed by atoms with Gasteiger partial charge in [0.2, 0.25) is 0 Å². The zero-order valence-corrected chi connectivity index (χ0v) is 16.8. The van der Waals surface area contributed by atoms with E-state index in [4.69, 9.17) is 4.74 Å². The van der Waals surface area contributed by atoms with Crippen LogP contribution in [0.4, 0.5) is 0 Å². The molecule has 3 aromatic carbocycles. The molecule has 0 radical (unpaired) electrons. The highest BCUT2D eigenvalue weighted by atomic mass is 16.5. The van der Waals surface area contributed by atoms with Gasteiger partial charge in [-0.15, -0.1) is 0 Å². The highest BCUT2D eigenvalue weighted by Crippen LogP contribution is 2.19. The average Bonchev–Trinajstić information content (AvgIpc) is 2.72. The molecular formula is C25H27NO2.